The Bertz CT molecular complexity index is 1630. The molecule has 0 saturated carbocycles. The number of unbranched alkanes of at least 4 members (excludes halogenated alkanes) is 22. The fourth-order valence-electron chi connectivity index (χ4n) is 8.25. The molecule has 0 aromatic carbocycles. The van der Waals surface area contributed by atoms with Gasteiger partial charge < -0.3 is 14.2 Å². The van der Waals surface area contributed by atoms with Crippen molar-refractivity contribution < 1.29 is 28.6 Å². The maximum atomic E-state index is 12.9. The topological polar surface area (TPSA) is 78.9 Å². The molecule has 0 spiro atoms. The molecule has 0 radical (unpaired) electrons. The highest BCUT2D eigenvalue weighted by Gasteiger charge is 2.19. The molecule has 0 saturated heterocycles. The first-order chi connectivity index (χ1) is 37.5. The van der Waals surface area contributed by atoms with Crippen molar-refractivity contribution in [1.29, 1.82) is 0 Å². The maximum absolute atomic E-state index is 12.9. The minimum absolute atomic E-state index is 0.102. The van der Waals surface area contributed by atoms with Gasteiger partial charge in [-0.05, 0) is 135 Å². The van der Waals surface area contributed by atoms with E-state index in [0.717, 1.165) is 141 Å². The lowest BCUT2D eigenvalue weighted by Gasteiger charge is -2.18. The van der Waals surface area contributed by atoms with Crippen LogP contribution in [0.4, 0.5) is 0 Å². The average molecular weight is 1050 g/mol. The van der Waals surface area contributed by atoms with Crippen molar-refractivity contribution >= 4 is 17.9 Å². The van der Waals surface area contributed by atoms with Crippen LogP contribution >= 0.6 is 0 Å². The third-order valence-electron chi connectivity index (χ3n) is 12.9. The first kappa shape index (κ1) is 71.5. The quantitative estimate of drug-likeness (QED) is 0.0261. The second-order valence-electron chi connectivity index (χ2n) is 20.2. The van der Waals surface area contributed by atoms with Crippen LogP contribution in [0.2, 0.25) is 0 Å². The number of hydrogen-bond acceptors (Lipinski definition) is 6. The number of allylic oxidation sites excluding steroid dienone is 22. The minimum Gasteiger partial charge on any atom is -0.462 e. The number of carbonyl (C=O) groups excluding carboxylic acids is 3. The van der Waals surface area contributed by atoms with Gasteiger partial charge in [-0.1, -0.05) is 251 Å². The Balaban J connectivity index is 4.49. The van der Waals surface area contributed by atoms with Gasteiger partial charge in [-0.15, -0.1) is 0 Å². The summed E-state index contributed by atoms with van der Waals surface area (Å²) >= 11 is 0. The lowest BCUT2D eigenvalue weighted by molar-refractivity contribution is -0.167. The number of hydrogen-bond donors (Lipinski definition) is 0. The van der Waals surface area contributed by atoms with Crippen LogP contribution in [0.15, 0.2) is 134 Å². The van der Waals surface area contributed by atoms with Gasteiger partial charge in [0.25, 0.3) is 0 Å². The van der Waals surface area contributed by atoms with E-state index in [4.69, 9.17) is 14.2 Å². The van der Waals surface area contributed by atoms with Crippen molar-refractivity contribution in [2.75, 3.05) is 13.2 Å². The molecule has 1 unspecified atom stereocenters. The highest BCUT2D eigenvalue weighted by molar-refractivity contribution is 5.71. The van der Waals surface area contributed by atoms with Crippen LogP contribution in [0.3, 0.4) is 0 Å². The second kappa shape index (κ2) is 63.1. The maximum Gasteiger partial charge on any atom is 0.306 e. The summed E-state index contributed by atoms with van der Waals surface area (Å²) in [6.45, 7) is 6.36. The molecule has 0 fully saturated rings. The van der Waals surface area contributed by atoms with Crippen molar-refractivity contribution in [1.82, 2.24) is 0 Å². The molecule has 6 heteroatoms. The van der Waals surface area contributed by atoms with Crippen LogP contribution in [0, 0.1) is 0 Å². The zero-order chi connectivity index (χ0) is 55.0. The Hall–Kier alpha value is -4.45. The smallest absolute Gasteiger partial charge is 0.306 e. The summed E-state index contributed by atoms with van der Waals surface area (Å²) in [6.07, 6.45) is 88.7. The van der Waals surface area contributed by atoms with Gasteiger partial charge in [-0.3, -0.25) is 14.4 Å². The van der Waals surface area contributed by atoms with Crippen LogP contribution in [-0.4, -0.2) is 37.2 Å². The normalized spacial score (nSPS) is 13.0. The van der Waals surface area contributed by atoms with E-state index in [-0.39, 0.29) is 37.5 Å². The summed E-state index contributed by atoms with van der Waals surface area (Å²) in [6, 6.07) is 0. The molecule has 0 bridgehead atoms. The summed E-state index contributed by atoms with van der Waals surface area (Å²) in [5, 5.41) is 0. The van der Waals surface area contributed by atoms with Gasteiger partial charge in [-0.2, -0.15) is 0 Å². The molecule has 0 N–H and O–H groups in total. The Kier molecular flexibility index (Phi) is 59.4. The number of ether oxygens (including phenoxy) is 3. The fourth-order valence-corrected chi connectivity index (χ4v) is 8.25. The van der Waals surface area contributed by atoms with Crippen molar-refractivity contribution in [3.63, 3.8) is 0 Å². The predicted molar refractivity (Wildman–Crippen MR) is 329 cm³/mol. The molecule has 0 heterocycles. The lowest BCUT2D eigenvalue weighted by atomic mass is 10.1. The third-order valence-corrected chi connectivity index (χ3v) is 12.9. The predicted octanol–water partition coefficient (Wildman–Crippen LogP) is 21.4. The molecule has 6 nitrogen and oxygen atoms in total. The summed E-state index contributed by atoms with van der Waals surface area (Å²) in [4.78, 5) is 38.3. The Morgan fingerprint density at radius 3 is 0.816 bits per heavy atom. The molecular formula is C70H114O6. The first-order valence-electron chi connectivity index (χ1n) is 31.2. The van der Waals surface area contributed by atoms with Crippen molar-refractivity contribution in [2.24, 2.45) is 0 Å². The molecule has 1 atom stereocenters. The van der Waals surface area contributed by atoms with E-state index in [1.54, 1.807) is 0 Å². The molecule has 0 aliphatic rings. The SMILES string of the molecule is CC/C=C\C/C=C\C/C=C\C/C=C\C/C=C\CCCCCC(=O)OC(COC(=O)CCCCCCCCC/C=C\C/C=C\CCCCCC)COC(=O)CCCCCCCCCC/C=C\C/C=C\C/C=C\C/C=C\CC. The molecule has 76 heavy (non-hydrogen) atoms. The monoisotopic (exact) mass is 1050 g/mol. The molecule has 0 aromatic heterocycles. The van der Waals surface area contributed by atoms with E-state index >= 15 is 0 Å². The van der Waals surface area contributed by atoms with Crippen LogP contribution in [0.25, 0.3) is 0 Å². The van der Waals surface area contributed by atoms with Gasteiger partial charge in [0.1, 0.15) is 13.2 Å². The van der Waals surface area contributed by atoms with E-state index in [9.17, 15) is 14.4 Å². The van der Waals surface area contributed by atoms with E-state index in [1.807, 2.05) is 0 Å². The van der Waals surface area contributed by atoms with Gasteiger partial charge >= 0.3 is 17.9 Å². The third kappa shape index (κ3) is 60.4. The summed E-state index contributed by atoms with van der Waals surface area (Å²) in [5.74, 6) is -0.948. The van der Waals surface area contributed by atoms with Crippen molar-refractivity contribution in [3.05, 3.63) is 134 Å². The van der Waals surface area contributed by atoms with Crippen LogP contribution in [0.1, 0.15) is 271 Å². The zero-order valence-corrected chi connectivity index (χ0v) is 49.2. The molecule has 0 aliphatic heterocycles. The van der Waals surface area contributed by atoms with Gasteiger partial charge in [0.15, 0.2) is 6.10 Å². The van der Waals surface area contributed by atoms with Gasteiger partial charge in [0.2, 0.25) is 0 Å². The van der Waals surface area contributed by atoms with Gasteiger partial charge in [0.05, 0.1) is 0 Å². The summed E-state index contributed by atoms with van der Waals surface area (Å²) in [7, 11) is 0. The van der Waals surface area contributed by atoms with Gasteiger partial charge in [0, 0.05) is 19.3 Å². The molecule has 430 valence electrons. The highest BCUT2D eigenvalue weighted by atomic mass is 16.6. The van der Waals surface area contributed by atoms with E-state index in [1.165, 1.54) is 89.9 Å². The molecule has 0 rings (SSSR count). The Morgan fingerprint density at radius 2 is 0.513 bits per heavy atom. The standard InChI is InChI=1S/C70H114O6/c1-4-7-10-13-16-19-22-25-28-31-34-35-37-39-42-45-48-51-54-57-60-63-69(72)75-66-67(65-74-68(71)62-59-56-53-50-47-44-41-38-33-30-27-24-21-18-15-12-9-6-3)76-70(73)64-61-58-55-52-49-46-43-40-36-32-29-26-23-20-17-14-11-8-5-2/h7-8,10-11,16-17,19-21,24-26,28-30,33-36,40,46,49,67H,4-6,9,12-15,18,22-23,27,31-32,37-39,41-45,47-48,50-66H2,1-3H3/b10-7-,11-8-,19-16-,20-17-,24-21-,28-25-,29-26-,33-30-,35-34-,40-36-,49-46-. The summed E-state index contributed by atoms with van der Waals surface area (Å²) < 4.78 is 16.9. The average Bonchev–Trinajstić information content (AvgIpc) is 3.42. The highest BCUT2D eigenvalue weighted by Crippen LogP contribution is 2.14. The second-order valence-corrected chi connectivity index (χ2v) is 20.2. The molecule has 0 amide bonds. The number of esters is 3. The molecule has 0 aromatic rings. The van der Waals surface area contributed by atoms with E-state index in [0.29, 0.717) is 12.8 Å². The van der Waals surface area contributed by atoms with Crippen molar-refractivity contribution in [2.45, 2.75) is 277 Å². The Morgan fingerprint density at radius 1 is 0.276 bits per heavy atom. The summed E-state index contributed by atoms with van der Waals surface area (Å²) in [5.41, 5.74) is 0. The largest absolute Gasteiger partial charge is 0.462 e. The van der Waals surface area contributed by atoms with Crippen LogP contribution in [-0.2, 0) is 28.6 Å². The molecule has 0 aliphatic carbocycles. The lowest BCUT2D eigenvalue weighted by Crippen LogP contribution is -2.30. The van der Waals surface area contributed by atoms with Gasteiger partial charge in [-0.25, -0.2) is 0 Å². The van der Waals surface area contributed by atoms with E-state index in [2.05, 4.69) is 154 Å². The van der Waals surface area contributed by atoms with Crippen LogP contribution < -0.4 is 0 Å². The minimum atomic E-state index is -0.809. The van der Waals surface area contributed by atoms with E-state index < -0.39 is 6.10 Å². The Labute approximate surface area is 468 Å². The first-order valence-corrected chi connectivity index (χ1v) is 31.2. The zero-order valence-electron chi connectivity index (χ0n) is 49.2. The van der Waals surface area contributed by atoms with Crippen molar-refractivity contribution in [3.8, 4) is 0 Å². The number of carbonyl (C=O) groups is 3. The number of rotatable bonds is 55. The fraction of sp³-hybridized carbons (Fsp3) is 0.643. The molecular weight excluding hydrogens is 937 g/mol. The van der Waals surface area contributed by atoms with Crippen LogP contribution in [0.5, 0.6) is 0 Å².